The maximum Gasteiger partial charge on any atom is 0.144 e. The number of carbonyl (C=O) groups excluding carboxylic acids is 1. The van der Waals surface area contributed by atoms with Crippen molar-refractivity contribution in [3.8, 4) is 0 Å². The molecule has 3 aromatic carbocycles. The Morgan fingerprint density at radius 2 is 1.32 bits per heavy atom. The molecule has 0 saturated heterocycles. The minimum absolute atomic E-state index is 0.107. The predicted molar refractivity (Wildman–Crippen MR) is 104 cm³/mol. The third-order valence-corrected chi connectivity index (χ3v) is 4.30. The van der Waals surface area contributed by atoms with Crippen LogP contribution in [-0.4, -0.2) is 5.78 Å². The van der Waals surface area contributed by atoms with E-state index >= 15 is 0 Å². The first kappa shape index (κ1) is 16.9. The first-order chi connectivity index (χ1) is 12.3. The molecule has 0 heterocycles. The molecule has 1 unspecified atom stereocenters. The average Bonchev–Trinajstić information content (AvgIpc) is 2.68. The molecule has 0 saturated carbocycles. The first-order valence-electron chi connectivity index (χ1n) is 8.66. The van der Waals surface area contributed by atoms with Crippen LogP contribution in [0.4, 0.5) is 0 Å². The maximum atomic E-state index is 12.9. The Kier molecular flexibility index (Phi) is 5.95. The Balaban J connectivity index is 1.74. The number of Topliss-reactive ketones (excluding diaryl/α,β-unsaturated/α-hetero) is 1. The van der Waals surface area contributed by atoms with E-state index in [9.17, 15) is 4.79 Å². The summed E-state index contributed by atoms with van der Waals surface area (Å²) >= 11 is 0. The summed E-state index contributed by atoms with van der Waals surface area (Å²) in [6.07, 6.45) is 5.17. The van der Waals surface area contributed by atoms with Gasteiger partial charge in [0.05, 0.1) is 0 Å². The first-order valence-corrected chi connectivity index (χ1v) is 8.66. The molecule has 0 aliphatic rings. The molecule has 0 amide bonds. The van der Waals surface area contributed by atoms with Crippen LogP contribution < -0.4 is 0 Å². The number of hydrogen-bond acceptors (Lipinski definition) is 1. The molecule has 0 bridgehead atoms. The van der Waals surface area contributed by atoms with Crippen molar-refractivity contribution in [2.45, 2.75) is 18.8 Å². The van der Waals surface area contributed by atoms with Gasteiger partial charge in [-0.2, -0.15) is 0 Å². The topological polar surface area (TPSA) is 17.1 Å². The molecule has 124 valence electrons. The highest BCUT2D eigenvalue weighted by molar-refractivity contribution is 5.87. The van der Waals surface area contributed by atoms with E-state index < -0.39 is 0 Å². The van der Waals surface area contributed by atoms with Crippen molar-refractivity contribution in [2.75, 3.05) is 0 Å². The predicted octanol–water partition coefficient (Wildman–Crippen LogP) is 5.69. The monoisotopic (exact) mass is 326 g/mol. The van der Waals surface area contributed by atoms with Crippen LogP contribution in [-0.2, 0) is 11.2 Å². The van der Waals surface area contributed by atoms with E-state index in [4.69, 9.17) is 0 Å². The van der Waals surface area contributed by atoms with Gasteiger partial charge in [0.25, 0.3) is 0 Å². The zero-order chi connectivity index (χ0) is 17.3. The molecule has 1 nitrogen and oxygen atoms in total. The second-order valence-electron chi connectivity index (χ2n) is 6.14. The van der Waals surface area contributed by atoms with E-state index in [1.165, 1.54) is 5.56 Å². The molecular weight excluding hydrogens is 304 g/mol. The van der Waals surface area contributed by atoms with Crippen LogP contribution in [0.25, 0.3) is 6.08 Å². The summed E-state index contributed by atoms with van der Waals surface area (Å²) in [7, 11) is 0. The fourth-order valence-electron chi connectivity index (χ4n) is 2.97. The number of benzene rings is 3. The summed E-state index contributed by atoms with van der Waals surface area (Å²) in [4.78, 5) is 12.9. The molecule has 0 spiro atoms. The fourth-order valence-corrected chi connectivity index (χ4v) is 2.97. The third kappa shape index (κ3) is 5.02. The molecule has 0 aromatic heterocycles. The van der Waals surface area contributed by atoms with Gasteiger partial charge < -0.3 is 0 Å². The van der Waals surface area contributed by atoms with Gasteiger partial charge in [0, 0.05) is 12.3 Å². The molecule has 0 aliphatic carbocycles. The highest BCUT2D eigenvalue weighted by atomic mass is 16.1. The van der Waals surface area contributed by atoms with Gasteiger partial charge >= 0.3 is 0 Å². The highest BCUT2D eigenvalue weighted by Crippen LogP contribution is 2.23. The number of ketones is 1. The quantitative estimate of drug-likeness (QED) is 0.545. The molecule has 0 aliphatic heterocycles. The van der Waals surface area contributed by atoms with Gasteiger partial charge in [0.2, 0.25) is 0 Å². The molecule has 0 fully saturated rings. The van der Waals surface area contributed by atoms with Gasteiger partial charge in [0.15, 0.2) is 0 Å². The Hall–Kier alpha value is -2.93. The van der Waals surface area contributed by atoms with E-state index in [2.05, 4.69) is 12.1 Å². The Morgan fingerprint density at radius 3 is 1.96 bits per heavy atom. The van der Waals surface area contributed by atoms with Gasteiger partial charge in [-0.3, -0.25) is 4.79 Å². The van der Waals surface area contributed by atoms with Gasteiger partial charge in [0.1, 0.15) is 5.78 Å². The van der Waals surface area contributed by atoms with Crippen molar-refractivity contribution in [2.24, 2.45) is 0 Å². The summed E-state index contributed by atoms with van der Waals surface area (Å²) in [6, 6.07) is 30.4. The molecule has 3 aromatic rings. The Bertz CT molecular complexity index is 804. The van der Waals surface area contributed by atoms with Crippen molar-refractivity contribution in [3.63, 3.8) is 0 Å². The zero-order valence-corrected chi connectivity index (χ0v) is 14.2. The lowest BCUT2D eigenvalue weighted by Gasteiger charge is -2.16. The summed E-state index contributed by atoms with van der Waals surface area (Å²) < 4.78 is 0. The van der Waals surface area contributed by atoms with Gasteiger partial charge in [-0.15, -0.1) is 0 Å². The van der Waals surface area contributed by atoms with Crippen LogP contribution in [0.1, 0.15) is 29.0 Å². The van der Waals surface area contributed by atoms with Gasteiger partial charge in [-0.1, -0.05) is 103 Å². The molecule has 1 atom stereocenters. The smallest absolute Gasteiger partial charge is 0.144 e. The molecule has 1 heteroatoms. The van der Waals surface area contributed by atoms with Crippen LogP contribution in [0.2, 0.25) is 0 Å². The SMILES string of the molecule is O=C(CC=Cc1ccccc1)C(Cc1ccccc1)c1ccccc1. The summed E-state index contributed by atoms with van der Waals surface area (Å²) in [5.41, 5.74) is 3.40. The van der Waals surface area contributed by atoms with Gasteiger partial charge in [-0.25, -0.2) is 0 Å². The van der Waals surface area contributed by atoms with Crippen LogP contribution >= 0.6 is 0 Å². The lowest BCUT2D eigenvalue weighted by atomic mass is 9.87. The Morgan fingerprint density at radius 1 is 0.760 bits per heavy atom. The minimum Gasteiger partial charge on any atom is -0.299 e. The van der Waals surface area contributed by atoms with Crippen molar-refractivity contribution in [3.05, 3.63) is 114 Å². The van der Waals surface area contributed by atoms with Crippen molar-refractivity contribution < 1.29 is 4.79 Å². The van der Waals surface area contributed by atoms with Crippen molar-refractivity contribution in [1.82, 2.24) is 0 Å². The van der Waals surface area contributed by atoms with Crippen LogP contribution in [0, 0.1) is 0 Å². The zero-order valence-electron chi connectivity index (χ0n) is 14.2. The Labute approximate surface area is 149 Å². The number of hydrogen-bond donors (Lipinski definition) is 0. The second-order valence-corrected chi connectivity index (χ2v) is 6.14. The second kappa shape index (κ2) is 8.79. The molecule has 3 rings (SSSR count). The lowest BCUT2D eigenvalue weighted by molar-refractivity contribution is -0.119. The molecule has 0 N–H and O–H groups in total. The maximum absolute atomic E-state index is 12.9. The summed E-state index contributed by atoms with van der Waals surface area (Å²) in [5.74, 6) is 0.145. The normalized spacial score (nSPS) is 12.2. The van der Waals surface area contributed by atoms with E-state index in [1.54, 1.807) is 0 Å². The largest absolute Gasteiger partial charge is 0.299 e. The van der Waals surface area contributed by atoms with E-state index in [0.717, 1.165) is 17.5 Å². The molecular formula is C24H22O. The molecule has 25 heavy (non-hydrogen) atoms. The highest BCUT2D eigenvalue weighted by Gasteiger charge is 2.19. The van der Waals surface area contributed by atoms with Crippen molar-refractivity contribution >= 4 is 11.9 Å². The molecule has 0 radical (unpaired) electrons. The van der Waals surface area contributed by atoms with E-state index in [-0.39, 0.29) is 11.7 Å². The van der Waals surface area contributed by atoms with Crippen molar-refractivity contribution in [1.29, 1.82) is 0 Å². The summed E-state index contributed by atoms with van der Waals surface area (Å²) in [6.45, 7) is 0. The number of rotatable bonds is 7. The fraction of sp³-hybridized carbons (Fsp3) is 0.125. The van der Waals surface area contributed by atoms with Gasteiger partial charge in [-0.05, 0) is 23.1 Å². The van der Waals surface area contributed by atoms with E-state index in [1.807, 2.05) is 91.0 Å². The van der Waals surface area contributed by atoms with Crippen LogP contribution in [0.5, 0.6) is 0 Å². The van der Waals surface area contributed by atoms with Crippen LogP contribution in [0.15, 0.2) is 97.1 Å². The standard InChI is InChI=1S/C24H22O/c25-24(18-10-15-20-11-4-1-5-12-20)23(22-16-8-3-9-17-22)19-21-13-6-2-7-14-21/h1-17,23H,18-19H2. The number of carbonyl (C=O) groups is 1. The van der Waals surface area contributed by atoms with Crippen LogP contribution in [0.3, 0.4) is 0 Å². The van der Waals surface area contributed by atoms with E-state index in [0.29, 0.717) is 6.42 Å². The lowest BCUT2D eigenvalue weighted by Crippen LogP contribution is -2.14. The summed E-state index contributed by atoms with van der Waals surface area (Å²) in [5, 5.41) is 0. The third-order valence-electron chi connectivity index (χ3n) is 4.30. The average molecular weight is 326 g/mol. The number of allylic oxidation sites excluding steroid dienone is 1. The minimum atomic E-state index is -0.107.